The normalized spacial score (nSPS) is 20.5. The standard InChI is InChI=1S/C12H21N3O/c1-3-15-12(10(2)7-14-15)9-13-8-11-5-4-6-16-11/h7,11,13H,3-6,8-9H2,1-2H3/t11-/m1/s1. The number of aryl methyl sites for hydroxylation is 2. The second-order valence-corrected chi connectivity index (χ2v) is 4.36. The molecule has 0 aliphatic carbocycles. The van der Waals surface area contributed by atoms with E-state index >= 15 is 0 Å². The second kappa shape index (κ2) is 5.46. The third kappa shape index (κ3) is 2.62. The van der Waals surface area contributed by atoms with Gasteiger partial charge in [-0.3, -0.25) is 4.68 Å². The summed E-state index contributed by atoms with van der Waals surface area (Å²) < 4.78 is 7.63. The van der Waals surface area contributed by atoms with Crippen molar-refractivity contribution in [3.8, 4) is 0 Å². The first-order chi connectivity index (χ1) is 7.81. The molecule has 1 atom stereocenters. The monoisotopic (exact) mass is 223 g/mol. The third-order valence-corrected chi connectivity index (χ3v) is 3.15. The lowest BCUT2D eigenvalue weighted by atomic mass is 10.2. The summed E-state index contributed by atoms with van der Waals surface area (Å²) in [7, 11) is 0. The Bertz CT molecular complexity index is 329. The molecule has 0 bridgehead atoms. The molecule has 90 valence electrons. The van der Waals surface area contributed by atoms with Crippen molar-refractivity contribution in [1.29, 1.82) is 0 Å². The first kappa shape index (κ1) is 11.6. The zero-order valence-corrected chi connectivity index (χ0v) is 10.2. The van der Waals surface area contributed by atoms with Crippen molar-refractivity contribution in [2.45, 2.75) is 45.9 Å². The van der Waals surface area contributed by atoms with E-state index in [1.807, 2.05) is 6.20 Å². The van der Waals surface area contributed by atoms with Gasteiger partial charge in [-0.05, 0) is 32.3 Å². The van der Waals surface area contributed by atoms with E-state index in [2.05, 4.69) is 28.9 Å². The molecule has 1 aromatic heterocycles. The molecule has 0 saturated carbocycles. The molecule has 2 heterocycles. The van der Waals surface area contributed by atoms with Crippen LogP contribution in [0.3, 0.4) is 0 Å². The van der Waals surface area contributed by atoms with Gasteiger partial charge in [-0.2, -0.15) is 5.10 Å². The summed E-state index contributed by atoms with van der Waals surface area (Å²) in [5, 5.41) is 7.79. The molecule has 16 heavy (non-hydrogen) atoms. The Hall–Kier alpha value is -0.870. The van der Waals surface area contributed by atoms with Gasteiger partial charge in [0.1, 0.15) is 0 Å². The number of ether oxygens (including phenoxy) is 1. The molecule has 4 heteroatoms. The highest BCUT2D eigenvalue weighted by molar-refractivity contribution is 5.15. The SMILES string of the molecule is CCn1ncc(C)c1CNC[C@H]1CCCO1. The number of nitrogens with zero attached hydrogens (tertiary/aromatic N) is 2. The second-order valence-electron chi connectivity index (χ2n) is 4.36. The van der Waals surface area contributed by atoms with Gasteiger partial charge in [-0.1, -0.05) is 0 Å². The van der Waals surface area contributed by atoms with Crippen LogP contribution in [0.4, 0.5) is 0 Å². The van der Waals surface area contributed by atoms with E-state index in [0.717, 1.165) is 26.2 Å². The predicted octanol–water partition coefficient (Wildman–Crippen LogP) is 1.48. The van der Waals surface area contributed by atoms with E-state index in [-0.39, 0.29) is 0 Å². The van der Waals surface area contributed by atoms with Crippen molar-refractivity contribution in [3.63, 3.8) is 0 Å². The maximum Gasteiger partial charge on any atom is 0.0700 e. The van der Waals surface area contributed by atoms with Crippen molar-refractivity contribution in [1.82, 2.24) is 15.1 Å². The minimum absolute atomic E-state index is 0.415. The fourth-order valence-electron chi connectivity index (χ4n) is 2.16. The third-order valence-electron chi connectivity index (χ3n) is 3.15. The molecule has 0 radical (unpaired) electrons. The number of hydrogen-bond donors (Lipinski definition) is 1. The molecule has 0 aromatic carbocycles. The van der Waals surface area contributed by atoms with Crippen LogP contribution in [-0.2, 0) is 17.8 Å². The topological polar surface area (TPSA) is 39.1 Å². The van der Waals surface area contributed by atoms with E-state index in [1.54, 1.807) is 0 Å². The molecule has 0 unspecified atom stereocenters. The van der Waals surface area contributed by atoms with Crippen LogP contribution in [0.25, 0.3) is 0 Å². The summed E-state index contributed by atoms with van der Waals surface area (Å²) in [6.45, 7) is 7.94. The number of aromatic nitrogens is 2. The fourth-order valence-corrected chi connectivity index (χ4v) is 2.16. The lowest BCUT2D eigenvalue weighted by Crippen LogP contribution is -2.27. The highest BCUT2D eigenvalue weighted by Crippen LogP contribution is 2.11. The van der Waals surface area contributed by atoms with Crippen LogP contribution in [0.1, 0.15) is 31.0 Å². The minimum Gasteiger partial charge on any atom is -0.377 e. The van der Waals surface area contributed by atoms with Crippen molar-refractivity contribution in [3.05, 3.63) is 17.5 Å². The summed E-state index contributed by atoms with van der Waals surface area (Å²) in [6.07, 6.45) is 4.75. The van der Waals surface area contributed by atoms with E-state index in [9.17, 15) is 0 Å². The summed E-state index contributed by atoms with van der Waals surface area (Å²) in [4.78, 5) is 0. The molecular weight excluding hydrogens is 202 g/mol. The maximum absolute atomic E-state index is 5.57. The smallest absolute Gasteiger partial charge is 0.0700 e. The van der Waals surface area contributed by atoms with Crippen LogP contribution in [0.15, 0.2) is 6.20 Å². The van der Waals surface area contributed by atoms with Gasteiger partial charge < -0.3 is 10.1 Å². The molecule has 1 N–H and O–H groups in total. The van der Waals surface area contributed by atoms with Crippen LogP contribution in [0.2, 0.25) is 0 Å². The summed E-state index contributed by atoms with van der Waals surface area (Å²) in [6, 6.07) is 0. The van der Waals surface area contributed by atoms with Gasteiger partial charge >= 0.3 is 0 Å². The summed E-state index contributed by atoms with van der Waals surface area (Å²) in [5.74, 6) is 0. The fraction of sp³-hybridized carbons (Fsp3) is 0.750. The Balaban J connectivity index is 1.81. The zero-order chi connectivity index (χ0) is 11.4. The predicted molar refractivity (Wildman–Crippen MR) is 63.3 cm³/mol. The first-order valence-electron chi connectivity index (χ1n) is 6.15. The summed E-state index contributed by atoms with van der Waals surface area (Å²) >= 11 is 0. The van der Waals surface area contributed by atoms with Gasteiger partial charge in [0.2, 0.25) is 0 Å². The molecule has 1 aliphatic rings. The van der Waals surface area contributed by atoms with Crippen LogP contribution in [0.5, 0.6) is 0 Å². The molecule has 1 fully saturated rings. The molecule has 0 spiro atoms. The van der Waals surface area contributed by atoms with E-state index in [1.165, 1.54) is 24.1 Å². The average molecular weight is 223 g/mol. The van der Waals surface area contributed by atoms with Crippen molar-refractivity contribution in [2.24, 2.45) is 0 Å². The van der Waals surface area contributed by atoms with Crippen molar-refractivity contribution < 1.29 is 4.74 Å². The number of hydrogen-bond acceptors (Lipinski definition) is 3. The zero-order valence-electron chi connectivity index (χ0n) is 10.2. The molecule has 1 aromatic rings. The molecule has 1 aliphatic heterocycles. The van der Waals surface area contributed by atoms with Crippen LogP contribution >= 0.6 is 0 Å². The van der Waals surface area contributed by atoms with Crippen LogP contribution in [0, 0.1) is 6.92 Å². The number of nitrogens with one attached hydrogen (secondary N) is 1. The van der Waals surface area contributed by atoms with Crippen LogP contribution in [-0.4, -0.2) is 29.0 Å². The molecule has 1 saturated heterocycles. The van der Waals surface area contributed by atoms with Gasteiger partial charge in [0.05, 0.1) is 18.0 Å². The quantitative estimate of drug-likeness (QED) is 0.822. The van der Waals surface area contributed by atoms with Gasteiger partial charge in [0.25, 0.3) is 0 Å². The average Bonchev–Trinajstić information content (AvgIpc) is 2.90. The lowest BCUT2D eigenvalue weighted by Gasteiger charge is -2.12. The van der Waals surface area contributed by atoms with Crippen LogP contribution < -0.4 is 5.32 Å². The minimum atomic E-state index is 0.415. The van der Waals surface area contributed by atoms with Gasteiger partial charge in [-0.15, -0.1) is 0 Å². The van der Waals surface area contributed by atoms with Gasteiger partial charge in [0.15, 0.2) is 0 Å². The number of rotatable bonds is 5. The Labute approximate surface area is 97.0 Å². The molecular formula is C12H21N3O. The maximum atomic E-state index is 5.57. The Kier molecular flexibility index (Phi) is 3.96. The molecule has 4 nitrogen and oxygen atoms in total. The molecule has 0 amide bonds. The van der Waals surface area contributed by atoms with Gasteiger partial charge in [0, 0.05) is 26.2 Å². The Morgan fingerprint density at radius 3 is 3.19 bits per heavy atom. The van der Waals surface area contributed by atoms with E-state index in [4.69, 9.17) is 4.74 Å². The van der Waals surface area contributed by atoms with E-state index < -0.39 is 0 Å². The van der Waals surface area contributed by atoms with Crippen molar-refractivity contribution >= 4 is 0 Å². The van der Waals surface area contributed by atoms with Gasteiger partial charge in [-0.25, -0.2) is 0 Å². The Morgan fingerprint density at radius 2 is 2.50 bits per heavy atom. The van der Waals surface area contributed by atoms with E-state index in [0.29, 0.717) is 6.10 Å². The highest BCUT2D eigenvalue weighted by atomic mass is 16.5. The first-order valence-corrected chi connectivity index (χ1v) is 6.15. The highest BCUT2D eigenvalue weighted by Gasteiger charge is 2.15. The molecule has 2 rings (SSSR count). The largest absolute Gasteiger partial charge is 0.377 e. The Morgan fingerprint density at radius 1 is 1.62 bits per heavy atom. The van der Waals surface area contributed by atoms with Crippen molar-refractivity contribution in [2.75, 3.05) is 13.2 Å². The summed E-state index contributed by atoms with van der Waals surface area (Å²) in [5.41, 5.74) is 2.56. The lowest BCUT2D eigenvalue weighted by molar-refractivity contribution is 0.109.